The molecule has 1 aromatic carbocycles. The van der Waals surface area contributed by atoms with Gasteiger partial charge in [-0.1, -0.05) is 25.5 Å². The lowest BCUT2D eigenvalue weighted by atomic mass is 9.95. The van der Waals surface area contributed by atoms with Gasteiger partial charge in [0.25, 0.3) is 5.56 Å². The zero-order valence-electron chi connectivity index (χ0n) is 16.2. The maximum Gasteiger partial charge on any atom is 0.329 e. The third-order valence-electron chi connectivity index (χ3n) is 4.18. The van der Waals surface area contributed by atoms with Crippen LogP contribution in [-0.4, -0.2) is 15.3 Å². The summed E-state index contributed by atoms with van der Waals surface area (Å²) in [5, 5.41) is 9.19. The van der Waals surface area contributed by atoms with Crippen LogP contribution >= 0.6 is 0 Å². The van der Waals surface area contributed by atoms with Crippen molar-refractivity contribution in [3.63, 3.8) is 0 Å². The van der Waals surface area contributed by atoms with Gasteiger partial charge < -0.3 is 0 Å². The van der Waals surface area contributed by atoms with Gasteiger partial charge in [-0.3, -0.25) is 19.1 Å². The minimum Gasteiger partial charge on any atom is -0.287 e. The number of carbonyl (C=O) groups excluding carboxylic acids is 1. The summed E-state index contributed by atoms with van der Waals surface area (Å²) in [4.78, 5) is 40.5. The van der Waals surface area contributed by atoms with Crippen molar-refractivity contribution in [3.8, 4) is 6.07 Å². The van der Waals surface area contributed by atoms with E-state index in [2.05, 4.69) is 4.98 Å². The monoisotopic (exact) mass is 365 g/mol. The molecule has 1 aromatic heterocycles. The molecule has 0 fully saturated rings. The van der Waals surface area contributed by atoms with E-state index in [0.29, 0.717) is 5.56 Å². The normalized spacial score (nSPS) is 10.6. The summed E-state index contributed by atoms with van der Waals surface area (Å²) < 4.78 is 1.29. The predicted octanol–water partition coefficient (Wildman–Crippen LogP) is 3.04. The van der Waals surface area contributed by atoms with Crippen molar-refractivity contribution in [2.45, 2.75) is 47.1 Å². The van der Waals surface area contributed by atoms with Crippen molar-refractivity contribution in [1.82, 2.24) is 9.55 Å². The van der Waals surface area contributed by atoms with Crippen LogP contribution in [-0.2, 0) is 6.54 Å². The molecule has 0 saturated carbocycles. The molecule has 0 aliphatic heterocycles. The number of nitrogens with zero attached hydrogens (tertiary/aromatic N) is 2. The molecular weight excluding hydrogens is 342 g/mol. The molecule has 0 saturated heterocycles. The van der Waals surface area contributed by atoms with E-state index in [0.717, 1.165) is 11.1 Å². The highest BCUT2D eigenvalue weighted by molar-refractivity contribution is 6.09. The first-order chi connectivity index (χ1) is 12.6. The number of hydrogen-bond acceptors (Lipinski definition) is 4. The van der Waals surface area contributed by atoms with Gasteiger partial charge in [0.2, 0.25) is 5.78 Å². The second kappa shape index (κ2) is 8.00. The smallest absolute Gasteiger partial charge is 0.287 e. The van der Waals surface area contributed by atoms with Crippen LogP contribution in [0.15, 0.2) is 39.4 Å². The second-order valence-electron chi connectivity index (χ2n) is 7.10. The highest BCUT2D eigenvalue weighted by Crippen LogP contribution is 2.20. The Morgan fingerprint density at radius 1 is 1.26 bits per heavy atom. The minimum absolute atomic E-state index is 0.0748. The number of benzene rings is 1. The molecule has 27 heavy (non-hydrogen) atoms. The van der Waals surface area contributed by atoms with Crippen molar-refractivity contribution in [2.24, 2.45) is 0 Å². The van der Waals surface area contributed by atoms with E-state index in [1.807, 2.05) is 26.0 Å². The first-order valence-corrected chi connectivity index (χ1v) is 8.72. The number of aromatic nitrogens is 2. The van der Waals surface area contributed by atoms with Crippen LogP contribution in [0.1, 0.15) is 66.4 Å². The first kappa shape index (κ1) is 20.1. The molecule has 0 spiro atoms. The Morgan fingerprint density at radius 3 is 2.48 bits per heavy atom. The summed E-state index contributed by atoms with van der Waals surface area (Å²) in [6, 6.07) is 6.85. The maximum absolute atomic E-state index is 13.3. The number of nitrogens with one attached hydrogen (secondary N) is 1. The molecule has 2 rings (SSSR count). The van der Waals surface area contributed by atoms with Gasteiger partial charge in [-0.2, -0.15) is 5.26 Å². The maximum atomic E-state index is 13.3. The zero-order valence-corrected chi connectivity index (χ0v) is 16.2. The van der Waals surface area contributed by atoms with Gasteiger partial charge in [-0.25, -0.2) is 4.79 Å². The Balaban J connectivity index is 2.84. The van der Waals surface area contributed by atoms with E-state index in [1.54, 1.807) is 32.9 Å². The van der Waals surface area contributed by atoms with Gasteiger partial charge in [0.15, 0.2) is 0 Å². The second-order valence-corrected chi connectivity index (χ2v) is 7.10. The van der Waals surface area contributed by atoms with Crippen molar-refractivity contribution >= 4 is 5.78 Å². The molecule has 1 N–H and O–H groups in total. The van der Waals surface area contributed by atoms with Crippen LogP contribution in [0.25, 0.3) is 0 Å². The number of H-pyrrole nitrogens is 1. The number of aromatic amines is 1. The molecule has 0 bridgehead atoms. The van der Waals surface area contributed by atoms with Gasteiger partial charge in [-0.05, 0) is 50.5 Å². The van der Waals surface area contributed by atoms with Crippen LogP contribution in [0.2, 0.25) is 0 Å². The number of carbonyl (C=O) groups is 1. The van der Waals surface area contributed by atoms with Crippen LogP contribution in [0.3, 0.4) is 0 Å². The summed E-state index contributed by atoms with van der Waals surface area (Å²) in [6.45, 7) is 9.34. The van der Waals surface area contributed by atoms with Crippen LogP contribution in [0.5, 0.6) is 0 Å². The Bertz CT molecular complexity index is 1080. The Hall–Kier alpha value is -3.20. The Kier molecular flexibility index (Phi) is 5.96. The highest BCUT2D eigenvalue weighted by Gasteiger charge is 2.24. The fourth-order valence-electron chi connectivity index (χ4n) is 2.93. The van der Waals surface area contributed by atoms with Gasteiger partial charge in [-0.15, -0.1) is 0 Å². The average Bonchev–Trinajstić information content (AvgIpc) is 2.58. The Morgan fingerprint density at radius 2 is 1.93 bits per heavy atom. The third kappa shape index (κ3) is 4.32. The van der Waals surface area contributed by atoms with E-state index >= 15 is 0 Å². The number of ketones is 1. The third-order valence-corrected chi connectivity index (χ3v) is 4.18. The van der Waals surface area contributed by atoms with E-state index in [-0.39, 0.29) is 29.3 Å². The summed E-state index contributed by atoms with van der Waals surface area (Å²) in [5.74, 6) is -0.698. The molecule has 0 atom stereocenters. The first-order valence-electron chi connectivity index (χ1n) is 8.72. The molecule has 0 unspecified atom stereocenters. The SMILES string of the molecule is CC(C)=CCn1c(C(=O)c2cc(C)cc(C#N)c2)c(C(C)C)c(=O)[nH]c1=O. The molecule has 0 radical (unpaired) electrons. The van der Waals surface area contributed by atoms with Gasteiger partial charge in [0.1, 0.15) is 5.69 Å². The van der Waals surface area contributed by atoms with E-state index < -0.39 is 17.0 Å². The summed E-state index contributed by atoms with van der Waals surface area (Å²) in [7, 11) is 0. The molecule has 140 valence electrons. The van der Waals surface area contributed by atoms with E-state index in [4.69, 9.17) is 0 Å². The minimum atomic E-state index is -0.626. The Labute approximate surface area is 157 Å². The zero-order chi connectivity index (χ0) is 20.3. The van der Waals surface area contributed by atoms with Gasteiger partial charge in [0.05, 0.1) is 11.6 Å². The molecule has 6 nitrogen and oxygen atoms in total. The fraction of sp³-hybridized carbons (Fsp3) is 0.333. The van der Waals surface area contributed by atoms with Gasteiger partial charge in [0, 0.05) is 17.7 Å². The number of allylic oxidation sites excluding steroid dienone is 2. The molecule has 2 aromatic rings. The average molecular weight is 365 g/mol. The number of rotatable bonds is 5. The molecule has 0 amide bonds. The van der Waals surface area contributed by atoms with Crippen molar-refractivity contribution in [1.29, 1.82) is 5.26 Å². The topological polar surface area (TPSA) is 95.7 Å². The largest absolute Gasteiger partial charge is 0.329 e. The van der Waals surface area contributed by atoms with E-state index in [9.17, 15) is 19.6 Å². The number of nitriles is 1. The van der Waals surface area contributed by atoms with Crippen LogP contribution in [0, 0.1) is 18.3 Å². The lowest BCUT2D eigenvalue weighted by molar-refractivity contribution is 0.102. The van der Waals surface area contributed by atoms with Crippen molar-refractivity contribution in [3.05, 3.63) is 78.6 Å². The predicted molar refractivity (Wildman–Crippen MR) is 104 cm³/mol. The number of hydrogen-bond donors (Lipinski definition) is 1. The lowest BCUT2D eigenvalue weighted by Crippen LogP contribution is -2.37. The summed E-state index contributed by atoms with van der Waals surface area (Å²) >= 11 is 0. The molecule has 0 aliphatic carbocycles. The van der Waals surface area contributed by atoms with Crippen LogP contribution < -0.4 is 11.2 Å². The molecule has 0 aliphatic rings. The van der Waals surface area contributed by atoms with E-state index in [1.165, 1.54) is 10.6 Å². The highest BCUT2D eigenvalue weighted by atomic mass is 16.2. The standard InChI is InChI=1S/C21H23N3O3/c1-12(2)6-7-24-18(17(13(3)4)20(26)23-21(24)27)19(25)16-9-14(5)8-15(10-16)11-22/h6,8-10,13H,7H2,1-5H3,(H,23,26,27). The van der Waals surface area contributed by atoms with Gasteiger partial charge >= 0.3 is 5.69 Å². The van der Waals surface area contributed by atoms with Crippen molar-refractivity contribution < 1.29 is 4.79 Å². The molecule has 6 heteroatoms. The quantitative estimate of drug-likeness (QED) is 0.651. The fourth-order valence-corrected chi connectivity index (χ4v) is 2.93. The lowest BCUT2D eigenvalue weighted by Gasteiger charge is -2.17. The molecular formula is C21H23N3O3. The number of aryl methyl sites for hydroxylation is 1. The van der Waals surface area contributed by atoms with Crippen molar-refractivity contribution in [2.75, 3.05) is 0 Å². The molecule has 1 heterocycles. The summed E-state index contributed by atoms with van der Waals surface area (Å²) in [6.07, 6.45) is 1.82. The van der Waals surface area contributed by atoms with Crippen LogP contribution in [0.4, 0.5) is 0 Å². The summed E-state index contributed by atoms with van der Waals surface area (Å²) in [5.41, 5.74) is 1.54.